The number of hydrogen-bond acceptors (Lipinski definition) is 8. The van der Waals surface area contributed by atoms with Crippen LogP contribution in [0.3, 0.4) is 0 Å². The van der Waals surface area contributed by atoms with E-state index in [4.69, 9.17) is 18.3 Å². The molecule has 54 heavy (non-hydrogen) atoms. The fourth-order valence-corrected chi connectivity index (χ4v) is 8.18. The number of aliphatic hydroxyl groups excluding tert-OH is 1. The van der Waals surface area contributed by atoms with Crippen molar-refractivity contribution in [3.63, 3.8) is 0 Å². The first-order chi connectivity index (χ1) is 26.4. The average Bonchev–Trinajstić information content (AvgIpc) is 3.15. The van der Waals surface area contributed by atoms with E-state index in [9.17, 15) is 14.5 Å². The monoisotopic (exact) mass is 790 g/mol. The Morgan fingerprint density at radius 3 is 1.26 bits per heavy atom. The molecule has 0 radical (unpaired) electrons. The quantitative estimate of drug-likeness (QED) is 0.0370. The molecule has 324 valence electrons. The lowest BCUT2D eigenvalue weighted by molar-refractivity contribution is -0.148. The first kappa shape index (κ1) is 53.5. The largest absolute Gasteiger partial charge is 0.474 e. The Labute approximate surface area is 336 Å². The fraction of sp³-hybridized carbons (Fsp3) is 0.978. The lowest BCUT2D eigenvalue weighted by atomic mass is 10.1. The maximum absolute atomic E-state index is 13.4. The van der Waals surface area contributed by atoms with E-state index >= 15 is 0 Å². The predicted octanol–water partition coefficient (Wildman–Crippen LogP) is 13.9. The molecule has 0 bridgehead atoms. The Bertz CT molecular complexity index is 793. The van der Waals surface area contributed by atoms with E-state index in [0.717, 1.165) is 122 Å². The van der Waals surface area contributed by atoms with Gasteiger partial charge in [0.15, 0.2) is 0 Å². The molecule has 1 unspecified atom stereocenters. The first-order valence-electron chi connectivity index (χ1n) is 23.5. The molecule has 0 aliphatic rings. The molecule has 0 aliphatic heterocycles. The summed E-state index contributed by atoms with van der Waals surface area (Å²) in [5, 5.41) is 9.58. The summed E-state index contributed by atoms with van der Waals surface area (Å²) >= 11 is 0. The summed E-state index contributed by atoms with van der Waals surface area (Å²) in [5.74, 6) is -0.0404. The second-order valence-corrected chi connectivity index (χ2v) is 17.6. The molecule has 1 N–H and O–H groups in total. The number of carbonyl (C=O) groups is 1. The van der Waals surface area contributed by atoms with Gasteiger partial charge in [-0.2, -0.15) is 0 Å². The molecule has 0 aliphatic carbocycles. The minimum absolute atomic E-state index is 0.0362. The van der Waals surface area contributed by atoms with Gasteiger partial charge in [-0.15, -0.1) is 0 Å². The van der Waals surface area contributed by atoms with Gasteiger partial charge in [0.05, 0.1) is 32.5 Å². The van der Waals surface area contributed by atoms with Gasteiger partial charge in [0, 0.05) is 13.0 Å². The van der Waals surface area contributed by atoms with Crippen LogP contribution in [0.1, 0.15) is 233 Å². The van der Waals surface area contributed by atoms with Crippen molar-refractivity contribution >= 4 is 13.8 Å². The van der Waals surface area contributed by atoms with Gasteiger partial charge in [-0.3, -0.25) is 18.4 Å². The van der Waals surface area contributed by atoms with Crippen molar-refractivity contribution < 1.29 is 32.8 Å². The van der Waals surface area contributed by atoms with Crippen molar-refractivity contribution in [2.24, 2.45) is 0 Å². The van der Waals surface area contributed by atoms with Gasteiger partial charge in [0.1, 0.15) is 0 Å². The number of esters is 1. The number of phosphoric ester groups is 1. The lowest BCUT2D eigenvalue weighted by Crippen LogP contribution is -2.29. The highest BCUT2D eigenvalue weighted by Gasteiger charge is 2.26. The second-order valence-electron chi connectivity index (χ2n) is 15.9. The summed E-state index contributed by atoms with van der Waals surface area (Å²) in [5.41, 5.74) is 0. The Balaban J connectivity index is 4.11. The zero-order valence-corrected chi connectivity index (χ0v) is 37.3. The molecule has 0 saturated heterocycles. The van der Waals surface area contributed by atoms with Crippen LogP contribution in [0.15, 0.2) is 0 Å². The number of phosphoric acid groups is 1. The Hall–Kier alpha value is -0.500. The van der Waals surface area contributed by atoms with Crippen molar-refractivity contribution in [3.8, 4) is 0 Å². The molecule has 0 rings (SSSR count). The average molecular weight is 790 g/mol. The number of rotatable bonds is 45. The van der Waals surface area contributed by atoms with Crippen molar-refractivity contribution in [2.45, 2.75) is 239 Å². The summed E-state index contributed by atoms with van der Waals surface area (Å²) < 4.78 is 36.4. The zero-order valence-electron chi connectivity index (χ0n) is 36.4. The molecule has 8 nitrogen and oxygen atoms in total. The van der Waals surface area contributed by atoms with Gasteiger partial charge >= 0.3 is 13.8 Å². The molecule has 0 saturated carbocycles. The topological polar surface area (TPSA) is 94.5 Å². The number of ether oxygens (including phenoxy) is 1. The zero-order chi connectivity index (χ0) is 39.6. The van der Waals surface area contributed by atoms with Gasteiger partial charge in [0.25, 0.3) is 0 Å². The molecule has 0 heterocycles. The number of unbranched alkanes of at least 4 members (excludes halogenated alkanes) is 25. The van der Waals surface area contributed by atoms with E-state index in [-0.39, 0.29) is 18.7 Å². The third-order valence-corrected chi connectivity index (χ3v) is 11.9. The van der Waals surface area contributed by atoms with Crippen LogP contribution in [0.2, 0.25) is 0 Å². The van der Waals surface area contributed by atoms with Crippen molar-refractivity contribution in [2.75, 3.05) is 46.1 Å². The van der Waals surface area contributed by atoms with Crippen LogP contribution in [0, 0.1) is 0 Å². The van der Waals surface area contributed by atoms with E-state index in [2.05, 4.69) is 25.7 Å². The lowest BCUT2D eigenvalue weighted by Gasteiger charge is -2.21. The van der Waals surface area contributed by atoms with Gasteiger partial charge in [-0.05, 0) is 71.4 Å². The van der Waals surface area contributed by atoms with Crippen molar-refractivity contribution in [3.05, 3.63) is 0 Å². The maximum atomic E-state index is 13.4. The van der Waals surface area contributed by atoms with Gasteiger partial charge in [-0.1, -0.05) is 168 Å². The van der Waals surface area contributed by atoms with Crippen LogP contribution in [0.25, 0.3) is 0 Å². The molecule has 1 atom stereocenters. The Morgan fingerprint density at radius 1 is 0.500 bits per heavy atom. The summed E-state index contributed by atoms with van der Waals surface area (Å²) in [6, 6.07) is 0. The Morgan fingerprint density at radius 2 is 0.852 bits per heavy atom. The molecule has 0 spiro atoms. The van der Waals surface area contributed by atoms with Crippen molar-refractivity contribution in [1.82, 2.24) is 4.90 Å². The molecule has 0 amide bonds. The van der Waals surface area contributed by atoms with Crippen LogP contribution in [-0.2, 0) is 27.7 Å². The predicted molar refractivity (Wildman–Crippen MR) is 229 cm³/mol. The summed E-state index contributed by atoms with van der Waals surface area (Å²) in [6.45, 7) is 13.0. The number of aliphatic hydroxyl groups is 1. The SMILES string of the molecule is CCCCCCCCCOP(=O)(OCCCCCCCCC)OCCCCCCCN(CCO)CCCCCCCC(=O)OC(C)CCCCCCCC. The molecule has 0 aromatic rings. The molecular weight excluding hydrogens is 697 g/mol. The van der Waals surface area contributed by atoms with Gasteiger partial charge < -0.3 is 14.7 Å². The molecule has 0 aromatic heterocycles. The third-order valence-electron chi connectivity index (χ3n) is 10.4. The van der Waals surface area contributed by atoms with Crippen LogP contribution in [0.4, 0.5) is 0 Å². The van der Waals surface area contributed by atoms with Crippen LogP contribution in [0.5, 0.6) is 0 Å². The fourth-order valence-electron chi connectivity index (χ4n) is 6.89. The third kappa shape index (κ3) is 38.4. The molecule has 0 aromatic carbocycles. The summed E-state index contributed by atoms with van der Waals surface area (Å²) in [4.78, 5) is 14.6. The van der Waals surface area contributed by atoms with E-state index in [1.807, 2.05) is 6.92 Å². The van der Waals surface area contributed by atoms with Gasteiger partial charge in [0.2, 0.25) is 0 Å². The van der Waals surface area contributed by atoms with Crippen LogP contribution >= 0.6 is 7.82 Å². The smallest absolute Gasteiger partial charge is 0.463 e. The van der Waals surface area contributed by atoms with Crippen LogP contribution < -0.4 is 0 Å². The van der Waals surface area contributed by atoms with Crippen LogP contribution in [-0.4, -0.2) is 68.1 Å². The summed E-state index contributed by atoms with van der Waals surface area (Å²) in [7, 11) is -3.52. The highest BCUT2D eigenvalue weighted by molar-refractivity contribution is 7.48. The number of carbonyl (C=O) groups excluding carboxylic acids is 1. The standard InChI is InChI=1S/C45H92NO7P/c1-5-8-11-14-17-25-32-41-50-54(49,51-42-33-26-18-15-12-9-6-2)52-43-34-27-20-24-31-38-46(39-40-47)37-30-23-19-22-29-36-45(48)53-44(4)35-28-21-16-13-10-7-3/h44,47H,5-43H2,1-4H3. The molecular formula is C45H92NO7P. The minimum Gasteiger partial charge on any atom is -0.463 e. The maximum Gasteiger partial charge on any atom is 0.474 e. The van der Waals surface area contributed by atoms with E-state index in [0.29, 0.717) is 26.2 Å². The normalized spacial score (nSPS) is 12.6. The molecule has 9 heteroatoms. The first-order valence-corrected chi connectivity index (χ1v) is 24.9. The second kappa shape index (κ2) is 42.1. The highest BCUT2D eigenvalue weighted by Crippen LogP contribution is 2.50. The highest BCUT2D eigenvalue weighted by atomic mass is 31.2. The summed E-state index contributed by atoms with van der Waals surface area (Å²) in [6.07, 6.45) is 36.4. The minimum atomic E-state index is -3.52. The van der Waals surface area contributed by atoms with E-state index < -0.39 is 7.82 Å². The number of nitrogens with zero attached hydrogens (tertiary/aromatic N) is 1. The van der Waals surface area contributed by atoms with E-state index in [1.165, 1.54) is 96.3 Å². The molecule has 0 fully saturated rings. The Kier molecular flexibility index (Phi) is 41.7. The van der Waals surface area contributed by atoms with Crippen molar-refractivity contribution in [1.29, 1.82) is 0 Å². The van der Waals surface area contributed by atoms with Gasteiger partial charge in [-0.25, -0.2) is 4.57 Å². The number of hydrogen-bond donors (Lipinski definition) is 1. The van der Waals surface area contributed by atoms with E-state index in [1.54, 1.807) is 0 Å².